The Hall–Kier alpha value is -0.710. The molecule has 2 saturated carbocycles. The molecule has 0 heterocycles. The molecule has 0 bridgehead atoms. The van der Waals surface area contributed by atoms with E-state index in [0.29, 0.717) is 12.8 Å². The highest BCUT2D eigenvalue weighted by Gasteiger charge is 2.66. The molecular weight excluding hydrogens is 230 g/mol. The predicted molar refractivity (Wildman–Crippen MR) is 56.7 cm³/mol. The molecule has 17 heavy (non-hydrogen) atoms. The summed E-state index contributed by atoms with van der Waals surface area (Å²) in [6, 6.07) is 0. The van der Waals surface area contributed by atoms with Crippen molar-refractivity contribution < 1.29 is 23.4 Å². The van der Waals surface area contributed by atoms with E-state index in [0.717, 1.165) is 0 Å². The normalized spacial score (nSPS) is 28.5. The monoisotopic (exact) mass is 248 g/mol. The summed E-state index contributed by atoms with van der Waals surface area (Å²) in [4.78, 5) is 11.8. The molecule has 0 aromatic carbocycles. The molecular formula is C12H18F2O3. The summed E-state index contributed by atoms with van der Waals surface area (Å²) in [6.45, 7) is 1.96. The Labute approximate surface area is 99.1 Å². The van der Waals surface area contributed by atoms with Crippen LogP contribution >= 0.6 is 0 Å². The number of alkyl halides is 2. The van der Waals surface area contributed by atoms with Crippen molar-refractivity contribution in [2.75, 3.05) is 6.61 Å². The van der Waals surface area contributed by atoms with Gasteiger partial charge >= 0.3 is 5.97 Å². The van der Waals surface area contributed by atoms with Gasteiger partial charge in [0.2, 0.25) is 5.92 Å². The van der Waals surface area contributed by atoms with E-state index in [9.17, 15) is 18.7 Å². The molecule has 0 amide bonds. The first kappa shape index (κ1) is 12.7. The quantitative estimate of drug-likeness (QED) is 0.779. The van der Waals surface area contributed by atoms with Crippen molar-refractivity contribution in [3.63, 3.8) is 0 Å². The molecule has 0 unspecified atom stereocenters. The Balaban J connectivity index is 2.09. The van der Waals surface area contributed by atoms with Crippen LogP contribution in [0.5, 0.6) is 0 Å². The van der Waals surface area contributed by atoms with Crippen molar-refractivity contribution in [1.29, 1.82) is 0 Å². The summed E-state index contributed by atoms with van der Waals surface area (Å²) in [6.07, 6.45) is 0.384. The number of rotatable bonds is 3. The summed E-state index contributed by atoms with van der Waals surface area (Å²) in [7, 11) is 0. The van der Waals surface area contributed by atoms with Gasteiger partial charge in [0.15, 0.2) is 0 Å². The van der Waals surface area contributed by atoms with E-state index in [-0.39, 0.29) is 32.3 Å². The predicted octanol–water partition coefficient (Wildman–Crippen LogP) is 2.27. The van der Waals surface area contributed by atoms with Crippen molar-refractivity contribution in [2.45, 2.75) is 57.0 Å². The van der Waals surface area contributed by atoms with E-state index >= 15 is 0 Å². The number of halogens is 2. The largest absolute Gasteiger partial charge is 0.465 e. The minimum Gasteiger partial charge on any atom is -0.465 e. The van der Waals surface area contributed by atoms with Gasteiger partial charge in [-0.1, -0.05) is 0 Å². The van der Waals surface area contributed by atoms with Gasteiger partial charge < -0.3 is 9.84 Å². The van der Waals surface area contributed by atoms with Crippen LogP contribution in [0.2, 0.25) is 0 Å². The highest BCUT2D eigenvalue weighted by atomic mass is 19.3. The Morgan fingerprint density at radius 2 is 1.71 bits per heavy atom. The average molecular weight is 248 g/mol. The topological polar surface area (TPSA) is 46.5 Å². The molecule has 0 spiro atoms. The second-order valence-corrected chi connectivity index (χ2v) is 5.19. The van der Waals surface area contributed by atoms with Crippen molar-refractivity contribution >= 4 is 5.97 Å². The number of hydrogen-bond acceptors (Lipinski definition) is 3. The first-order valence-corrected chi connectivity index (χ1v) is 6.13. The van der Waals surface area contributed by atoms with Crippen molar-refractivity contribution in [1.82, 2.24) is 0 Å². The lowest BCUT2D eigenvalue weighted by Crippen LogP contribution is -2.49. The fourth-order valence-electron chi connectivity index (χ4n) is 2.76. The van der Waals surface area contributed by atoms with E-state index in [1.165, 1.54) is 0 Å². The Morgan fingerprint density at radius 1 is 1.18 bits per heavy atom. The van der Waals surface area contributed by atoms with Crippen LogP contribution in [0.4, 0.5) is 8.78 Å². The minimum atomic E-state index is -2.70. The van der Waals surface area contributed by atoms with Gasteiger partial charge in [-0.25, -0.2) is 8.78 Å². The molecule has 3 nitrogen and oxygen atoms in total. The molecule has 2 fully saturated rings. The van der Waals surface area contributed by atoms with Crippen LogP contribution in [0.1, 0.15) is 45.4 Å². The Kier molecular flexibility index (Phi) is 2.92. The van der Waals surface area contributed by atoms with Gasteiger partial charge in [0.1, 0.15) is 0 Å². The molecule has 98 valence electrons. The zero-order valence-electron chi connectivity index (χ0n) is 9.97. The number of ether oxygens (including phenoxy) is 1. The summed E-state index contributed by atoms with van der Waals surface area (Å²) in [5.74, 6) is -3.12. The molecule has 2 aliphatic carbocycles. The summed E-state index contributed by atoms with van der Waals surface area (Å²) < 4.78 is 31.1. The van der Waals surface area contributed by atoms with Gasteiger partial charge in [-0.2, -0.15) is 0 Å². The zero-order valence-corrected chi connectivity index (χ0v) is 9.97. The van der Waals surface area contributed by atoms with E-state index in [1.54, 1.807) is 6.92 Å². The van der Waals surface area contributed by atoms with Gasteiger partial charge in [-0.3, -0.25) is 4.79 Å². The lowest BCUT2D eigenvalue weighted by molar-refractivity contribution is -0.175. The van der Waals surface area contributed by atoms with Crippen LogP contribution in [-0.4, -0.2) is 29.2 Å². The van der Waals surface area contributed by atoms with Gasteiger partial charge in [0, 0.05) is 12.8 Å². The third kappa shape index (κ3) is 2.05. The SMILES string of the molecule is CCOC(=O)C1(C2(O)CCC(F)(F)CC2)CC1. The lowest BCUT2D eigenvalue weighted by Gasteiger charge is -2.40. The fraction of sp³-hybridized carbons (Fsp3) is 0.917. The molecule has 0 radical (unpaired) electrons. The zero-order chi connectivity index (χ0) is 12.7. The standard InChI is InChI=1S/C12H18F2O3/c1-2-17-9(15)10(3-4-10)11(16)5-7-12(13,14)8-6-11/h16H,2-8H2,1H3. The maximum Gasteiger partial charge on any atom is 0.314 e. The van der Waals surface area contributed by atoms with E-state index < -0.39 is 22.9 Å². The van der Waals surface area contributed by atoms with E-state index in [2.05, 4.69) is 0 Å². The van der Waals surface area contributed by atoms with E-state index in [1.807, 2.05) is 0 Å². The van der Waals surface area contributed by atoms with Crippen molar-refractivity contribution in [3.8, 4) is 0 Å². The maximum absolute atomic E-state index is 13.1. The van der Waals surface area contributed by atoms with Crippen LogP contribution in [-0.2, 0) is 9.53 Å². The van der Waals surface area contributed by atoms with Gasteiger partial charge in [0.25, 0.3) is 0 Å². The number of hydrogen-bond donors (Lipinski definition) is 1. The summed E-state index contributed by atoms with van der Waals surface area (Å²) in [5.41, 5.74) is -2.19. The van der Waals surface area contributed by atoms with Crippen molar-refractivity contribution in [3.05, 3.63) is 0 Å². The first-order valence-electron chi connectivity index (χ1n) is 6.13. The maximum atomic E-state index is 13.1. The number of carbonyl (C=O) groups is 1. The number of esters is 1. The van der Waals surface area contributed by atoms with Crippen LogP contribution in [0.15, 0.2) is 0 Å². The molecule has 0 aromatic rings. The van der Waals surface area contributed by atoms with Crippen LogP contribution < -0.4 is 0 Å². The molecule has 1 N–H and O–H groups in total. The number of carbonyl (C=O) groups excluding carboxylic acids is 1. The van der Waals surface area contributed by atoms with Crippen LogP contribution in [0.25, 0.3) is 0 Å². The summed E-state index contributed by atoms with van der Waals surface area (Å²) in [5, 5.41) is 10.5. The highest BCUT2D eigenvalue weighted by molar-refractivity contribution is 5.81. The molecule has 0 aliphatic heterocycles. The Bertz CT molecular complexity index is 314. The molecule has 2 aliphatic rings. The molecule has 0 aromatic heterocycles. The third-order valence-corrected chi connectivity index (χ3v) is 4.12. The van der Waals surface area contributed by atoms with Crippen molar-refractivity contribution in [2.24, 2.45) is 5.41 Å². The van der Waals surface area contributed by atoms with E-state index in [4.69, 9.17) is 4.74 Å². The van der Waals surface area contributed by atoms with Crippen LogP contribution in [0, 0.1) is 5.41 Å². The van der Waals surface area contributed by atoms with Crippen LogP contribution in [0.3, 0.4) is 0 Å². The van der Waals surface area contributed by atoms with Gasteiger partial charge in [-0.05, 0) is 32.6 Å². The average Bonchev–Trinajstić information content (AvgIpc) is 3.05. The first-order chi connectivity index (χ1) is 7.85. The minimum absolute atomic E-state index is 0.0151. The lowest BCUT2D eigenvalue weighted by atomic mass is 9.72. The van der Waals surface area contributed by atoms with Gasteiger partial charge in [0.05, 0.1) is 17.6 Å². The third-order valence-electron chi connectivity index (χ3n) is 4.12. The Morgan fingerprint density at radius 3 is 2.12 bits per heavy atom. The second-order valence-electron chi connectivity index (χ2n) is 5.19. The molecule has 2 rings (SSSR count). The summed E-state index contributed by atoms with van der Waals surface area (Å²) >= 11 is 0. The van der Waals surface area contributed by atoms with Gasteiger partial charge in [-0.15, -0.1) is 0 Å². The smallest absolute Gasteiger partial charge is 0.314 e. The number of aliphatic hydroxyl groups is 1. The fourth-order valence-corrected chi connectivity index (χ4v) is 2.76. The second kappa shape index (κ2) is 3.90. The molecule has 0 atom stereocenters. The molecule has 0 saturated heterocycles. The highest BCUT2D eigenvalue weighted by Crippen LogP contribution is 2.60. The molecule has 5 heteroatoms.